The number of ether oxygens (including phenoxy) is 1. The van der Waals surface area contributed by atoms with E-state index >= 15 is 0 Å². The van der Waals surface area contributed by atoms with Crippen molar-refractivity contribution in [1.82, 2.24) is 20.0 Å². The molecule has 9 heteroatoms. The van der Waals surface area contributed by atoms with Crippen molar-refractivity contribution < 1.29 is 18.4 Å². The Kier molecular flexibility index (Phi) is 3.78. The van der Waals surface area contributed by atoms with Crippen molar-refractivity contribution in [3.05, 3.63) is 29.5 Å². The van der Waals surface area contributed by atoms with Crippen LogP contribution >= 0.6 is 0 Å². The normalized spacial score (nSPS) is 22.4. The summed E-state index contributed by atoms with van der Waals surface area (Å²) < 4.78 is 23.7. The summed E-state index contributed by atoms with van der Waals surface area (Å²) in [7, 11) is 1.39. The Labute approximate surface area is 143 Å². The van der Waals surface area contributed by atoms with Gasteiger partial charge in [0.05, 0.1) is 12.8 Å². The van der Waals surface area contributed by atoms with Crippen molar-refractivity contribution >= 4 is 11.9 Å². The van der Waals surface area contributed by atoms with Crippen LogP contribution in [0.1, 0.15) is 29.0 Å². The van der Waals surface area contributed by atoms with Crippen LogP contribution in [0.5, 0.6) is 5.88 Å². The zero-order valence-electron chi connectivity index (χ0n) is 14.0. The molecular formula is C16H18FN5O3. The van der Waals surface area contributed by atoms with Crippen LogP contribution in [-0.2, 0) is 0 Å². The van der Waals surface area contributed by atoms with Gasteiger partial charge in [0, 0.05) is 31.2 Å². The Morgan fingerprint density at radius 3 is 2.64 bits per heavy atom. The van der Waals surface area contributed by atoms with Crippen LogP contribution in [0.3, 0.4) is 0 Å². The number of nitrogens with zero attached hydrogens (tertiary/aromatic N) is 5. The van der Waals surface area contributed by atoms with Crippen molar-refractivity contribution in [1.29, 1.82) is 0 Å². The van der Waals surface area contributed by atoms with Gasteiger partial charge in [0.1, 0.15) is 6.26 Å². The zero-order chi connectivity index (χ0) is 17.6. The summed E-state index contributed by atoms with van der Waals surface area (Å²) in [6.07, 6.45) is 3.24. The number of amides is 1. The molecule has 2 bridgehead atoms. The van der Waals surface area contributed by atoms with Crippen molar-refractivity contribution in [3.8, 4) is 5.88 Å². The highest BCUT2D eigenvalue weighted by Crippen LogP contribution is 2.34. The minimum Gasteiger partial charge on any atom is -0.479 e. The fourth-order valence-electron chi connectivity index (χ4n) is 3.65. The molecule has 0 N–H and O–H groups in total. The van der Waals surface area contributed by atoms with Crippen LogP contribution in [0.4, 0.5) is 10.3 Å². The Hall–Kier alpha value is -2.71. The van der Waals surface area contributed by atoms with Gasteiger partial charge in [0.15, 0.2) is 5.69 Å². The van der Waals surface area contributed by atoms with E-state index in [2.05, 4.69) is 20.0 Å². The maximum absolute atomic E-state index is 13.9. The second kappa shape index (κ2) is 5.98. The van der Waals surface area contributed by atoms with E-state index in [-0.39, 0.29) is 29.6 Å². The molecule has 0 radical (unpaired) electrons. The van der Waals surface area contributed by atoms with Gasteiger partial charge in [-0.15, -0.1) is 0 Å². The number of carbonyl (C=O) groups excluding carboxylic acids is 1. The molecule has 4 rings (SSSR count). The number of hydrogen-bond acceptors (Lipinski definition) is 7. The number of carbonyl (C=O) groups is 1. The lowest BCUT2D eigenvalue weighted by atomic mass is 10.2. The number of methoxy groups -OCH3 is 1. The van der Waals surface area contributed by atoms with Crippen molar-refractivity contribution in [3.63, 3.8) is 0 Å². The summed E-state index contributed by atoms with van der Waals surface area (Å²) in [5.41, 5.74) is 0.561. The van der Waals surface area contributed by atoms with E-state index in [0.29, 0.717) is 24.7 Å². The first-order valence-corrected chi connectivity index (χ1v) is 8.14. The predicted molar refractivity (Wildman–Crippen MR) is 85.0 cm³/mol. The number of anilines is 1. The number of aryl methyl sites for hydroxylation is 1. The van der Waals surface area contributed by atoms with Gasteiger partial charge >= 0.3 is 0 Å². The Morgan fingerprint density at radius 1 is 1.32 bits per heavy atom. The number of hydrogen-bond donors (Lipinski definition) is 0. The molecule has 25 heavy (non-hydrogen) atoms. The number of piperazine rings is 1. The highest BCUT2D eigenvalue weighted by atomic mass is 19.1. The van der Waals surface area contributed by atoms with Crippen LogP contribution < -0.4 is 9.64 Å². The molecule has 8 nitrogen and oxygen atoms in total. The number of aromatic nitrogens is 3. The van der Waals surface area contributed by atoms with E-state index in [0.717, 1.165) is 12.8 Å². The average Bonchev–Trinajstić information content (AvgIpc) is 3.23. The number of rotatable bonds is 3. The zero-order valence-corrected chi connectivity index (χ0v) is 14.0. The van der Waals surface area contributed by atoms with Gasteiger partial charge in [-0.2, -0.15) is 9.37 Å². The lowest BCUT2D eigenvalue weighted by Crippen LogP contribution is -2.56. The lowest BCUT2D eigenvalue weighted by molar-refractivity contribution is 0.0706. The second-order valence-electron chi connectivity index (χ2n) is 6.32. The van der Waals surface area contributed by atoms with Gasteiger partial charge in [-0.1, -0.05) is 5.16 Å². The highest BCUT2D eigenvalue weighted by molar-refractivity contribution is 5.92. The molecule has 2 unspecified atom stereocenters. The highest BCUT2D eigenvalue weighted by Gasteiger charge is 2.43. The van der Waals surface area contributed by atoms with E-state index in [9.17, 15) is 9.18 Å². The van der Waals surface area contributed by atoms with Crippen LogP contribution in [0.15, 0.2) is 16.9 Å². The van der Waals surface area contributed by atoms with Crippen molar-refractivity contribution in [2.45, 2.75) is 31.8 Å². The summed E-state index contributed by atoms with van der Waals surface area (Å²) in [5, 5.41) is 3.72. The third-order valence-electron chi connectivity index (χ3n) is 4.83. The van der Waals surface area contributed by atoms with Crippen LogP contribution in [-0.4, -0.2) is 58.2 Å². The van der Waals surface area contributed by atoms with E-state index in [1.165, 1.54) is 13.4 Å². The first-order chi connectivity index (χ1) is 12.1. The number of halogens is 1. The molecule has 2 atom stereocenters. The Balaban J connectivity index is 1.59. The van der Waals surface area contributed by atoms with Gasteiger partial charge in [-0.05, 0) is 19.8 Å². The van der Waals surface area contributed by atoms with E-state index in [1.807, 2.05) is 0 Å². The summed E-state index contributed by atoms with van der Waals surface area (Å²) in [4.78, 5) is 24.9. The molecule has 0 saturated carbocycles. The SMILES string of the molecule is COc1nc(N2C3CCC2CN(C(=O)c2ccon2)C3)nc(C)c1F. The maximum Gasteiger partial charge on any atom is 0.276 e. The minimum absolute atomic E-state index is 0.0528. The third-order valence-corrected chi connectivity index (χ3v) is 4.83. The topological polar surface area (TPSA) is 84.6 Å². The van der Waals surface area contributed by atoms with Crippen molar-refractivity contribution in [2.75, 3.05) is 25.1 Å². The molecule has 0 aliphatic carbocycles. The van der Waals surface area contributed by atoms with Gasteiger partial charge < -0.3 is 19.1 Å². The fraction of sp³-hybridized carbons (Fsp3) is 0.500. The lowest BCUT2D eigenvalue weighted by Gasteiger charge is -2.40. The molecule has 4 heterocycles. The Bertz CT molecular complexity index is 783. The van der Waals surface area contributed by atoms with E-state index < -0.39 is 5.82 Å². The predicted octanol–water partition coefficient (Wildman–Crippen LogP) is 1.41. The van der Waals surface area contributed by atoms with Gasteiger partial charge in [0.25, 0.3) is 11.8 Å². The van der Waals surface area contributed by atoms with E-state index in [4.69, 9.17) is 9.26 Å². The van der Waals surface area contributed by atoms with Gasteiger partial charge in [-0.3, -0.25) is 4.79 Å². The average molecular weight is 347 g/mol. The third kappa shape index (κ3) is 2.59. The summed E-state index contributed by atoms with van der Waals surface area (Å²) in [6.45, 7) is 2.68. The number of fused-ring (bicyclic) bond motifs is 2. The molecule has 2 aromatic rings. The molecule has 2 aliphatic heterocycles. The molecular weight excluding hydrogens is 329 g/mol. The first-order valence-electron chi connectivity index (χ1n) is 8.14. The van der Waals surface area contributed by atoms with Gasteiger partial charge in [0.2, 0.25) is 11.8 Å². The molecule has 132 valence electrons. The standard InChI is InChI=1S/C16H18FN5O3/c1-9-13(17)14(24-2)19-16(18-9)22-10-3-4-11(22)8-21(7-10)15(23)12-5-6-25-20-12/h5-6,10-11H,3-4,7-8H2,1-2H3. The molecule has 1 amide bonds. The molecule has 2 aromatic heterocycles. The quantitative estimate of drug-likeness (QED) is 0.830. The first kappa shape index (κ1) is 15.8. The summed E-state index contributed by atoms with van der Waals surface area (Å²) >= 11 is 0. The largest absolute Gasteiger partial charge is 0.479 e. The number of likely N-dealkylation sites (tertiary alicyclic amines) is 1. The minimum atomic E-state index is -0.543. The smallest absolute Gasteiger partial charge is 0.276 e. The van der Waals surface area contributed by atoms with Crippen LogP contribution in [0.2, 0.25) is 0 Å². The van der Waals surface area contributed by atoms with Crippen molar-refractivity contribution in [2.24, 2.45) is 0 Å². The fourth-order valence-corrected chi connectivity index (χ4v) is 3.65. The molecule has 0 aromatic carbocycles. The van der Waals surface area contributed by atoms with Crippen LogP contribution in [0.25, 0.3) is 0 Å². The molecule has 2 saturated heterocycles. The molecule has 0 spiro atoms. The maximum atomic E-state index is 13.9. The molecule has 2 aliphatic rings. The second-order valence-corrected chi connectivity index (χ2v) is 6.32. The van der Waals surface area contributed by atoms with E-state index in [1.54, 1.807) is 17.9 Å². The monoisotopic (exact) mass is 347 g/mol. The van der Waals surface area contributed by atoms with Gasteiger partial charge in [-0.25, -0.2) is 4.98 Å². The summed E-state index contributed by atoms with van der Waals surface area (Å²) in [5.74, 6) is -0.280. The molecule has 2 fully saturated rings. The van der Waals surface area contributed by atoms with Crippen LogP contribution in [0, 0.1) is 12.7 Å². The summed E-state index contributed by atoms with van der Waals surface area (Å²) in [6, 6.07) is 1.74. The Morgan fingerprint density at radius 2 is 2.04 bits per heavy atom.